The van der Waals surface area contributed by atoms with E-state index in [1.54, 1.807) is 0 Å². The highest BCUT2D eigenvalue weighted by Gasteiger charge is 2.26. The maximum Gasteiger partial charge on any atom is 0.472 e. The van der Waals surface area contributed by atoms with Crippen LogP contribution in [0.25, 0.3) is 0 Å². The molecule has 0 saturated heterocycles. The molecule has 9 nitrogen and oxygen atoms in total. The van der Waals surface area contributed by atoms with Crippen LogP contribution in [-0.4, -0.2) is 49.3 Å². The summed E-state index contributed by atoms with van der Waals surface area (Å²) in [6, 6.07) is 0. The first-order valence-electron chi connectivity index (χ1n) is 39.3. The number of hydrogen-bond donors (Lipinski definition) is 2. The molecular formula is C78H152NO8P. The van der Waals surface area contributed by atoms with Gasteiger partial charge in [-0.2, -0.15) is 0 Å². The third-order valence-electron chi connectivity index (χ3n) is 18.1. The highest BCUT2D eigenvalue weighted by molar-refractivity contribution is 7.47. The smallest absolute Gasteiger partial charge is 0.462 e. The monoisotopic (exact) mass is 1260 g/mol. The van der Waals surface area contributed by atoms with Crippen LogP contribution in [0.15, 0.2) is 24.3 Å². The van der Waals surface area contributed by atoms with Gasteiger partial charge in [-0.1, -0.05) is 398 Å². The molecule has 0 aromatic rings. The number of allylic oxidation sites excluding steroid dienone is 4. The van der Waals surface area contributed by atoms with E-state index in [0.717, 1.165) is 38.5 Å². The van der Waals surface area contributed by atoms with Gasteiger partial charge in [-0.3, -0.25) is 18.6 Å². The Bertz CT molecular complexity index is 1490. The molecule has 522 valence electrons. The van der Waals surface area contributed by atoms with Crippen molar-refractivity contribution in [1.82, 2.24) is 0 Å². The molecule has 0 heterocycles. The normalized spacial score (nSPS) is 12.9. The van der Waals surface area contributed by atoms with E-state index in [1.807, 2.05) is 0 Å². The maximum absolute atomic E-state index is 12.8. The lowest BCUT2D eigenvalue weighted by Crippen LogP contribution is -2.29. The first-order chi connectivity index (χ1) is 43.3. The Labute approximate surface area is 548 Å². The highest BCUT2D eigenvalue weighted by Crippen LogP contribution is 2.43. The fraction of sp³-hybridized carbons (Fsp3) is 0.923. The number of phosphoric acid groups is 1. The Kier molecular flexibility index (Phi) is 73.3. The summed E-state index contributed by atoms with van der Waals surface area (Å²) in [5.74, 6) is -0.798. The van der Waals surface area contributed by atoms with E-state index in [9.17, 15) is 19.0 Å². The van der Waals surface area contributed by atoms with Gasteiger partial charge in [0.05, 0.1) is 13.2 Å². The van der Waals surface area contributed by atoms with Crippen molar-refractivity contribution in [2.24, 2.45) is 5.73 Å². The van der Waals surface area contributed by atoms with Crippen LogP contribution in [0.4, 0.5) is 0 Å². The number of rotatable bonds is 76. The molecule has 2 atom stereocenters. The first-order valence-corrected chi connectivity index (χ1v) is 40.8. The van der Waals surface area contributed by atoms with Crippen LogP contribution in [0.1, 0.15) is 431 Å². The van der Waals surface area contributed by atoms with Gasteiger partial charge in [-0.25, -0.2) is 4.57 Å². The fourth-order valence-electron chi connectivity index (χ4n) is 12.3. The lowest BCUT2D eigenvalue weighted by atomic mass is 10.0. The van der Waals surface area contributed by atoms with Crippen LogP contribution in [0, 0.1) is 0 Å². The van der Waals surface area contributed by atoms with Gasteiger partial charge < -0.3 is 20.1 Å². The topological polar surface area (TPSA) is 134 Å². The Hall–Kier alpha value is -1.51. The number of unbranched alkanes of at least 4 members (excludes halogenated alkanes) is 59. The summed E-state index contributed by atoms with van der Waals surface area (Å²) in [5, 5.41) is 0. The number of esters is 2. The number of carbonyl (C=O) groups is 2. The van der Waals surface area contributed by atoms with E-state index in [2.05, 4.69) is 38.2 Å². The highest BCUT2D eigenvalue weighted by atomic mass is 31.2. The van der Waals surface area contributed by atoms with Gasteiger partial charge in [0.1, 0.15) is 6.61 Å². The quantitative estimate of drug-likeness (QED) is 0.0264. The second kappa shape index (κ2) is 74.5. The molecule has 0 rings (SSSR count). The summed E-state index contributed by atoms with van der Waals surface area (Å²) in [5.41, 5.74) is 5.41. The van der Waals surface area contributed by atoms with E-state index < -0.39 is 26.5 Å². The summed E-state index contributed by atoms with van der Waals surface area (Å²) in [4.78, 5) is 35.4. The van der Waals surface area contributed by atoms with E-state index in [1.165, 1.54) is 360 Å². The van der Waals surface area contributed by atoms with Gasteiger partial charge in [0.25, 0.3) is 0 Å². The van der Waals surface area contributed by atoms with Gasteiger partial charge in [-0.15, -0.1) is 0 Å². The Morgan fingerprint density at radius 1 is 0.341 bits per heavy atom. The summed E-state index contributed by atoms with van der Waals surface area (Å²) in [6.45, 7) is 3.83. The summed E-state index contributed by atoms with van der Waals surface area (Å²) in [7, 11) is -4.39. The molecule has 0 radical (unpaired) electrons. The molecule has 0 spiro atoms. The average molecular weight is 1260 g/mol. The Morgan fingerprint density at radius 3 is 0.864 bits per heavy atom. The molecule has 0 aromatic carbocycles. The lowest BCUT2D eigenvalue weighted by molar-refractivity contribution is -0.161. The van der Waals surface area contributed by atoms with Crippen LogP contribution in [-0.2, 0) is 32.7 Å². The van der Waals surface area contributed by atoms with Crippen molar-refractivity contribution in [2.45, 2.75) is 437 Å². The van der Waals surface area contributed by atoms with Crippen molar-refractivity contribution >= 4 is 19.8 Å². The Morgan fingerprint density at radius 2 is 0.591 bits per heavy atom. The standard InChI is InChI=1S/C78H152NO8P/c1-3-5-7-9-11-13-15-17-19-21-23-25-27-29-31-32-33-34-35-36-37-38-39-40-41-42-43-44-45-47-49-51-53-55-57-59-61-63-65-67-69-71-78(81)87-76(75-86-88(82,83)85-73-72-79)74-84-77(80)70-68-66-64-62-60-58-56-54-52-50-48-46-30-28-26-24-22-20-18-16-14-12-10-8-6-4-2/h15,17,21,23,76H,3-14,16,18-20,22,24-75,79H2,1-2H3,(H,82,83)/b17-15-,23-21-. The molecular weight excluding hydrogens is 1110 g/mol. The number of nitrogens with two attached hydrogens (primary N) is 1. The SMILES string of the molecule is CCCCCCC/C=C\C/C=C\CCCCCCCCCCCCCCCCCCCCCCCCCCCCCCCC(=O)OC(COC(=O)CCCCCCCCCCCCCCCCCCCCCCCCCCCC)COP(=O)(O)OCCN. The average Bonchev–Trinajstić information content (AvgIpc) is 3.52. The van der Waals surface area contributed by atoms with Crippen LogP contribution in [0.2, 0.25) is 0 Å². The molecule has 0 fully saturated rings. The van der Waals surface area contributed by atoms with Crippen molar-refractivity contribution in [3.05, 3.63) is 24.3 Å². The zero-order valence-corrected chi connectivity index (χ0v) is 59.9. The molecule has 0 aliphatic heterocycles. The second-order valence-corrected chi connectivity index (χ2v) is 28.4. The minimum Gasteiger partial charge on any atom is -0.462 e. The third kappa shape index (κ3) is 73.5. The minimum atomic E-state index is -4.39. The predicted molar refractivity (Wildman–Crippen MR) is 381 cm³/mol. The Balaban J connectivity index is 3.72. The van der Waals surface area contributed by atoms with E-state index >= 15 is 0 Å². The number of hydrogen-bond acceptors (Lipinski definition) is 8. The summed E-state index contributed by atoms with van der Waals surface area (Å²) in [6.07, 6.45) is 93.2. The molecule has 10 heteroatoms. The molecule has 0 saturated carbocycles. The van der Waals surface area contributed by atoms with Gasteiger partial charge in [0.15, 0.2) is 6.10 Å². The molecule has 0 bridgehead atoms. The molecule has 2 unspecified atom stereocenters. The second-order valence-electron chi connectivity index (χ2n) is 26.9. The molecule has 88 heavy (non-hydrogen) atoms. The third-order valence-corrected chi connectivity index (χ3v) is 19.1. The zero-order valence-electron chi connectivity index (χ0n) is 59.0. The molecule has 0 aromatic heterocycles. The van der Waals surface area contributed by atoms with Crippen molar-refractivity contribution < 1.29 is 37.6 Å². The molecule has 3 N–H and O–H groups in total. The number of ether oxygens (including phenoxy) is 2. The van der Waals surface area contributed by atoms with Crippen molar-refractivity contribution in [3.8, 4) is 0 Å². The number of carbonyl (C=O) groups excluding carboxylic acids is 2. The molecule has 0 amide bonds. The van der Waals surface area contributed by atoms with Crippen molar-refractivity contribution in [1.29, 1.82) is 0 Å². The fourth-order valence-corrected chi connectivity index (χ4v) is 13.0. The number of phosphoric ester groups is 1. The maximum atomic E-state index is 12.8. The van der Waals surface area contributed by atoms with Gasteiger partial charge in [0.2, 0.25) is 0 Å². The summed E-state index contributed by atoms with van der Waals surface area (Å²) < 4.78 is 33.3. The van der Waals surface area contributed by atoms with Crippen LogP contribution < -0.4 is 5.73 Å². The van der Waals surface area contributed by atoms with Crippen molar-refractivity contribution in [2.75, 3.05) is 26.4 Å². The summed E-state index contributed by atoms with van der Waals surface area (Å²) >= 11 is 0. The first kappa shape index (κ1) is 86.5. The van der Waals surface area contributed by atoms with Gasteiger partial charge >= 0.3 is 19.8 Å². The van der Waals surface area contributed by atoms with Gasteiger partial charge in [-0.05, 0) is 44.9 Å². The minimum absolute atomic E-state index is 0.0578. The largest absolute Gasteiger partial charge is 0.472 e. The predicted octanol–water partition coefficient (Wildman–Crippen LogP) is 26.0. The van der Waals surface area contributed by atoms with Crippen LogP contribution in [0.3, 0.4) is 0 Å². The van der Waals surface area contributed by atoms with E-state index in [4.69, 9.17) is 24.3 Å². The molecule has 0 aliphatic carbocycles. The lowest BCUT2D eigenvalue weighted by Gasteiger charge is -2.19. The van der Waals surface area contributed by atoms with Crippen LogP contribution in [0.5, 0.6) is 0 Å². The zero-order chi connectivity index (χ0) is 63.7. The van der Waals surface area contributed by atoms with E-state index in [0.29, 0.717) is 6.42 Å². The van der Waals surface area contributed by atoms with E-state index in [-0.39, 0.29) is 38.6 Å². The van der Waals surface area contributed by atoms with Crippen molar-refractivity contribution in [3.63, 3.8) is 0 Å². The van der Waals surface area contributed by atoms with Crippen LogP contribution >= 0.6 is 7.82 Å². The van der Waals surface area contributed by atoms with Gasteiger partial charge in [0, 0.05) is 19.4 Å². The molecule has 0 aliphatic rings.